The van der Waals surface area contributed by atoms with E-state index in [4.69, 9.17) is 0 Å². The summed E-state index contributed by atoms with van der Waals surface area (Å²) in [6.45, 7) is 0. The number of benzene rings is 1. The van der Waals surface area contributed by atoms with Crippen LogP contribution in [0, 0.1) is 0 Å². The highest BCUT2D eigenvalue weighted by molar-refractivity contribution is 7.98. The molecule has 0 saturated heterocycles. The van der Waals surface area contributed by atoms with Crippen molar-refractivity contribution in [2.75, 3.05) is 0 Å². The Balaban J connectivity index is 1.98. The lowest BCUT2D eigenvalue weighted by Crippen LogP contribution is -1.74. The number of hydrogen-bond donors (Lipinski definition) is 1. The molecule has 0 aliphatic heterocycles. The van der Waals surface area contributed by atoms with Gasteiger partial charge in [-0.15, -0.1) is 16.9 Å². The van der Waals surface area contributed by atoms with E-state index < -0.39 is 0 Å². The van der Waals surface area contributed by atoms with Crippen LogP contribution in [-0.2, 0) is 5.75 Å². The quantitative estimate of drug-likeness (QED) is 0.814. The van der Waals surface area contributed by atoms with E-state index in [0.29, 0.717) is 5.75 Å². The van der Waals surface area contributed by atoms with Crippen LogP contribution in [0.2, 0.25) is 0 Å². The second-order valence-corrected chi connectivity index (χ2v) is 4.59. The molecule has 1 N–H and O–H groups in total. The van der Waals surface area contributed by atoms with Crippen LogP contribution in [0.1, 0.15) is 4.88 Å². The fraction of sp³-hybridized carbons (Fsp3) is 0.111. The van der Waals surface area contributed by atoms with Crippen LogP contribution >= 0.6 is 23.3 Å². The fourth-order valence-corrected chi connectivity index (χ4v) is 2.42. The molecular formula is C9H8N2OS2. The van der Waals surface area contributed by atoms with Crippen molar-refractivity contribution >= 4 is 23.3 Å². The Labute approximate surface area is 90.0 Å². The molecule has 2 rings (SSSR count). The summed E-state index contributed by atoms with van der Waals surface area (Å²) in [6, 6.07) is 7.22. The summed E-state index contributed by atoms with van der Waals surface area (Å²) in [5.74, 6) is 1.15. The number of hydrogen-bond acceptors (Lipinski definition) is 5. The summed E-state index contributed by atoms with van der Waals surface area (Å²) in [7, 11) is 0. The standard InChI is InChI=1S/C9H8N2OS2/c12-7-2-1-3-8(4-7)13-6-9-5-10-11-14-9/h1-5,12H,6H2. The topological polar surface area (TPSA) is 46.0 Å². The molecule has 0 fully saturated rings. The smallest absolute Gasteiger partial charge is 0.116 e. The van der Waals surface area contributed by atoms with Crippen molar-refractivity contribution in [1.82, 2.24) is 9.59 Å². The first-order chi connectivity index (χ1) is 6.84. The molecule has 3 nitrogen and oxygen atoms in total. The van der Waals surface area contributed by atoms with Gasteiger partial charge < -0.3 is 5.11 Å². The van der Waals surface area contributed by atoms with Crippen LogP contribution in [0.3, 0.4) is 0 Å². The average molecular weight is 224 g/mol. The predicted octanol–water partition coefficient (Wildman–Crippen LogP) is 2.54. The summed E-state index contributed by atoms with van der Waals surface area (Å²) in [5, 5.41) is 13.0. The number of phenolic OH excluding ortho intramolecular Hbond substituents is 1. The van der Waals surface area contributed by atoms with Gasteiger partial charge in [0.1, 0.15) is 5.75 Å². The SMILES string of the molecule is Oc1cccc(SCc2cnns2)c1. The largest absolute Gasteiger partial charge is 0.508 e. The molecule has 72 valence electrons. The number of aromatic hydroxyl groups is 1. The molecule has 5 heteroatoms. The molecule has 1 aromatic carbocycles. The van der Waals surface area contributed by atoms with Gasteiger partial charge in [0.15, 0.2) is 0 Å². The van der Waals surface area contributed by atoms with Crippen molar-refractivity contribution in [3.8, 4) is 5.75 Å². The van der Waals surface area contributed by atoms with Crippen molar-refractivity contribution in [2.45, 2.75) is 10.6 Å². The summed E-state index contributed by atoms with van der Waals surface area (Å²) < 4.78 is 3.78. The van der Waals surface area contributed by atoms with Crippen molar-refractivity contribution in [3.63, 3.8) is 0 Å². The van der Waals surface area contributed by atoms with Gasteiger partial charge in [0, 0.05) is 10.6 Å². The Bertz CT molecular complexity index is 403. The van der Waals surface area contributed by atoms with Crippen LogP contribution < -0.4 is 0 Å². The van der Waals surface area contributed by atoms with E-state index in [0.717, 1.165) is 15.5 Å². The van der Waals surface area contributed by atoms with E-state index >= 15 is 0 Å². The molecule has 14 heavy (non-hydrogen) atoms. The molecule has 0 amide bonds. The van der Waals surface area contributed by atoms with E-state index in [9.17, 15) is 5.11 Å². The highest BCUT2D eigenvalue weighted by Crippen LogP contribution is 2.25. The fourth-order valence-electron chi connectivity index (χ4n) is 0.979. The minimum absolute atomic E-state index is 0.303. The van der Waals surface area contributed by atoms with Crippen LogP contribution in [0.4, 0.5) is 0 Å². The molecule has 0 bridgehead atoms. The Morgan fingerprint density at radius 1 is 1.43 bits per heavy atom. The molecule has 1 heterocycles. The second-order valence-electron chi connectivity index (χ2n) is 2.67. The van der Waals surface area contributed by atoms with Crippen molar-refractivity contribution in [1.29, 1.82) is 0 Å². The van der Waals surface area contributed by atoms with Gasteiger partial charge in [-0.1, -0.05) is 10.6 Å². The maximum absolute atomic E-state index is 9.23. The maximum Gasteiger partial charge on any atom is 0.116 e. The monoisotopic (exact) mass is 224 g/mol. The summed E-state index contributed by atoms with van der Waals surface area (Å²) >= 11 is 3.06. The lowest BCUT2D eigenvalue weighted by Gasteiger charge is -1.99. The number of thioether (sulfide) groups is 1. The third-order valence-corrected chi connectivity index (χ3v) is 3.49. The van der Waals surface area contributed by atoms with E-state index in [1.807, 2.05) is 12.1 Å². The summed E-state index contributed by atoms with van der Waals surface area (Å²) in [6.07, 6.45) is 1.76. The van der Waals surface area contributed by atoms with Gasteiger partial charge in [-0.05, 0) is 29.7 Å². The molecule has 0 aliphatic carbocycles. The number of rotatable bonds is 3. The van der Waals surface area contributed by atoms with Gasteiger partial charge in [-0.25, -0.2) is 0 Å². The van der Waals surface area contributed by atoms with Crippen LogP contribution in [0.15, 0.2) is 35.4 Å². The van der Waals surface area contributed by atoms with Gasteiger partial charge in [0.25, 0.3) is 0 Å². The Morgan fingerprint density at radius 3 is 3.07 bits per heavy atom. The summed E-state index contributed by atoms with van der Waals surface area (Å²) in [5.41, 5.74) is 0. The van der Waals surface area contributed by atoms with Crippen LogP contribution in [-0.4, -0.2) is 14.7 Å². The second kappa shape index (κ2) is 4.43. The van der Waals surface area contributed by atoms with E-state index in [-0.39, 0.29) is 0 Å². The first kappa shape index (κ1) is 9.48. The van der Waals surface area contributed by atoms with E-state index in [2.05, 4.69) is 9.59 Å². The van der Waals surface area contributed by atoms with Crippen molar-refractivity contribution < 1.29 is 5.11 Å². The van der Waals surface area contributed by atoms with Crippen molar-refractivity contribution in [3.05, 3.63) is 35.3 Å². The minimum Gasteiger partial charge on any atom is -0.508 e. The van der Waals surface area contributed by atoms with Gasteiger partial charge in [-0.3, -0.25) is 0 Å². The highest BCUT2D eigenvalue weighted by atomic mass is 32.2. The zero-order valence-corrected chi connectivity index (χ0v) is 8.88. The number of phenols is 1. The minimum atomic E-state index is 0.303. The molecular weight excluding hydrogens is 216 g/mol. The van der Waals surface area contributed by atoms with E-state index in [1.54, 1.807) is 30.1 Å². The zero-order valence-electron chi connectivity index (χ0n) is 7.25. The molecule has 0 saturated carbocycles. The normalized spacial score (nSPS) is 10.3. The number of nitrogens with zero attached hydrogens (tertiary/aromatic N) is 2. The van der Waals surface area contributed by atoms with Crippen molar-refractivity contribution in [2.24, 2.45) is 0 Å². The van der Waals surface area contributed by atoms with Gasteiger partial charge in [-0.2, -0.15) is 0 Å². The van der Waals surface area contributed by atoms with Gasteiger partial charge >= 0.3 is 0 Å². The lowest BCUT2D eigenvalue weighted by atomic mass is 10.3. The van der Waals surface area contributed by atoms with Crippen LogP contribution in [0.5, 0.6) is 5.75 Å². The first-order valence-corrected chi connectivity index (χ1v) is 5.78. The highest BCUT2D eigenvalue weighted by Gasteiger charge is 1.99. The molecule has 1 aromatic heterocycles. The Kier molecular flexibility index (Phi) is 3.00. The van der Waals surface area contributed by atoms with E-state index in [1.165, 1.54) is 11.5 Å². The molecule has 0 atom stereocenters. The predicted molar refractivity (Wildman–Crippen MR) is 57.6 cm³/mol. The lowest BCUT2D eigenvalue weighted by molar-refractivity contribution is 0.474. The van der Waals surface area contributed by atoms with Crippen LogP contribution in [0.25, 0.3) is 0 Å². The molecule has 0 aliphatic rings. The molecule has 0 spiro atoms. The first-order valence-electron chi connectivity index (χ1n) is 4.02. The van der Waals surface area contributed by atoms with Gasteiger partial charge in [0.05, 0.1) is 11.1 Å². The zero-order chi connectivity index (χ0) is 9.80. The molecule has 0 unspecified atom stereocenters. The molecule has 0 radical (unpaired) electrons. The summed E-state index contributed by atoms with van der Waals surface area (Å²) in [4.78, 5) is 2.19. The third kappa shape index (κ3) is 2.46. The molecule has 2 aromatic rings. The Hall–Kier alpha value is -1.07. The number of aromatic nitrogens is 2. The van der Waals surface area contributed by atoms with Gasteiger partial charge in [0.2, 0.25) is 0 Å². The Morgan fingerprint density at radius 2 is 2.36 bits per heavy atom. The maximum atomic E-state index is 9.23. The average Bonchev–Trinajstić information content (AvgIpc) is 2.67. The third-order valence-electron chi connectivity index (χ3n) is 1.61.